The van der Waals surface area contributed by atoms with Gasteiger partial charge in [-0.1, -0.05) is 0 Å². The minimum atomic E-state index is -0.582. The van der Waals surface area contributed by atoms with Crippen molar-refractivity contribution in [1.29, 1.82) is 0 Å². The number of benzene rings is 2. The van der Waals surface area contributed by atoms with Crippen LogP contribution in [-0.4, -0.2) is 19.0 Å². The summed E-state index contributed by atoms with van der Waals surface area (Å²) in [7, 11) is 1.28. The van der Waals surface area contributed by atoms with Crippen LogP contribution in [0, 0.1) is 5.82 Å². The quantitative estimate of drug-likeness (QED) is 0.671. The molecule has 0 aliphatic rings. The fourth-order valence-electron chi connectivity index (χ4n) is 1.75. The molecule has 0 saturated heterocycles. The largest absolute Gasteiger partial charge is 0.465 e. The highest BCUT2D eigenvalue weighted by atomic mass is 19.1. The van der Waals surface area contributed by atoms with Gasteiger partial charge < -0.3 is 15.8 Å². The van der Waals surface area contributed by atoms with Crippen LogP contribution in [0.4, 0.5) is 15.8 Å². The fourth-order valence-corrected chi connectivity index (χ4v) is 1.75. The second-order valence-electron chi connectivity index (χ2n) is 4.30. The molecular weight excluding hydrogens is 275 g/mol. The van der Waals surface area contributed by atoms with E-state index in [0.717, 1.165) is 12.1 Å². The number of anilines is 2. The zero-order chi connectivity index (χ0) is 15.4. The molecule has 5 nitrogen and oxygen atoms in total. The Hall–Kier alpha value is -2.89. The molecule has 1 amide bonds. The van der Waals surface area contributed by atoms with Gasteiger partial charge in [0.2, 0.25) is 0 Å². The first kappa shape index (κ1) is 14.5. The predicted octanol–water partition coefficient (Wildman–Crippen LogP) is 2.45. The summed E-state index contributed by atoms with van der Waals surface area (Å²) >= 11 is 0. The lowest BCUT2D eigenvalue weighted by Gasteiger charge is -2.07. The fraction of sp³-hybridized carbons (Fsp3) is 0.0667. The normalized spacial score (nSPS) is 10.0. The third kappa shape index (κ3) is 3.56. The van der Waals surface area contributed by atoms with Crippen LogP contribution in [0.2, 0.25) is 0 Å². The topological polar surface area (TPSA) is 81.4 Å². The number of nitrogen functional groups attached to an aromatic ring is 1. The van der Waals surface area contributed by atoms with Gasteiger partial charge in [-0.3, -0.25) is 4.79 Å². The van der Waals surface area contributed by atoms with E-state index in [0.29, 0.717) is 11.3 Å². The summed E-state index contributed by atoms with van der Waals surface area (Å²) in [4.78, 5) is 23.2. The number of amides is 1. The molecule has 0 saturated carbocycles. The molecule has 0 spiro atoms. The highest BCUT2D eigenvalue weighted by Gasteiger charge is 2.10. The van der Waals surface area contributed by atoms with E-state index in [4.69, 9.17) is 5.73 Å². The van der Waals surface area contributed by atoms with Crippen molar-refractivity contribution in [1.82, 2.24) is 0 Å². The summed E-state index contributed by atoms with van der Waals surface area (Å²) < 4.78 is 17.8. The molecule has 0 heterocycles. The van der Waals surface area contributed by atoms with E-state index < -0.39 is 17.7 Å². The summed E-state index contributed by atoms with van der Waals surface area (Å²) in [6.45, 7) is 0. The molecule has 0 aliphatic carbocycles. The Morgan fingerprint density at radius 1 is 1.10 bits per heavy atom. The third-order valence-corrected chi connectivity index (χ3v) is 2.75. The second kappa shape index (κ2) is 6.04. The number of halogens is 1. The monoisotopic (exact) mass is 288 g/mol. The summed E-state index contributed by atoms with van der Waals surface area (Å²) in [5.74, 6) is -1.54. The molecule has 0 aromatic heterocycles. The first-order chi connectivity index (χ1) is 9.99. The van der Waals surface area contributed by atoms with Gasteiger partial charge in [-0.2, -0.15) is 0 Å². The molecule has 2 rings (SSSR count). The third-order valence-electron chi connectivity index (χ3n) is 2.75. The van der Waals surface area contributed by atoms with Crippen LogP contribution in [-0.2, 0) is 4.74 Å². The molecule has 21 heavy (non-hydrogen) atoms. The molecule has 3 N–H and O–H groups in total. The Labute approximate surface area is 120 Å². The van der Waals surface area contributed by atoms with Crippen molar-refractivity contribution in [2.45, 2.75) is 0 Å². The number of carbonyl (C=O) groups excluding carboxylic acids is 2. The molecular formula is C15H13FN2O3. The van der Waals surface area contributed by atoms with Gasteiger partial charge in [0, 0.05) is 16.9 Å². The van der Waals surface area contributed by atoms with Crippen LogP contribution >= 0.6 is 0 Å². The van der Waals surface area contributed by atoms with E-state index in [-0.39, 0.29) is 11.3 Å². The molecule has 0 fully saturated rings. The van der Waals surface area contributed by atoms with Crippen molar-refractivity contribution in [2.24, 2.45) is 0 Å². The van der Waals surface area contributed by atoms with Crippen LogP contribution in [0.3, 0.4) is 0 Å². The zero-order valence-electron chi connectivity index (χ0n) is 11.2. The van der Waals surface area contributed by atoms with Gasteiger partial charge in [-0.25, -0.2) is 9.18 Å². The van der Waals surface area contributed by atoms with E-state index in [1.54, 1.807) is 12.1 Å². The van der Waals surface area contributed by atoms with Gasteiger partial charge >= 0.3 is 5.97 Å². The maximum absolute atomic E-state index is 13.2. The SMILES string of the molecule is COC(=O)c1ccc(NC(=O)c2cc(N)cc(F)c2)cc1. The van der Waals surface area contributed by atoms with Crippen molar-refractivity contribution < 1.29 is 18.7 Å². The minimum Gasteiger partial charge on any atom is -0.465 e. The van der Waals surface area contributed by atoms with Gasteiger partial charge in [-0.05, 0) is 42.5 Å². The number of carbonyl (C=O) groups is 2. The van der Waals surface area contributed by atoms with Crippen LogP contribution in [0.15, 0.2) is 42.5 Å². The number of hydrogen-bond acceptors (Lipinski definition) is 4. The lowest BCUT2D eigenvalue weighted by Crippen LogP contribution is -2.13. The highest BCUT2D eigenvalue weighted by molar-refractivity contribution is 6.05. The van der Waals surface area contributed by atoms with E-state index in [1.165, 1.54) is 25.3 Å². The van der Waals surface area contributed by atoms with E-state index in [9.17, 15) is 14.0 Å². The van der Waals surface area contributed by atoms with Gasteiger partial charge in [0.05, 0.1) is 12.7 Å². The lowest BCUT2D eigenvalue weighted by molar-refractivity contribution is 0.0600. The molecule has 0 radical (unpaired) electrons. The highest BCUT2D eigenvalue weighted by Crippen LogP contribution is 2.15. The molecule has 0 bridgehead atoms. The average Bonchev–Trinajstić information content (AvgIpc) is 2.46. The predicted molar refractivity (Wildman–Crippen MR) is 76.5 cm³/mol. The van der Waals surface area contributed by atoms with Gasteiger partial charge in [0.1, 0.15) is 5.82 Å². The average molecular weight is 288 g/mol. The summed E-state index contributed by atoms with van der Waals surface area (Å²) in [5.41, 5.74) is 6.61. The molecule has 0 aliphatic heterocycles. The first-order valence-corrected chi connectivity index (χ1v) is 6.05. The molecule has 6 heteroatoms. The van der Waals surface area contributed by atoms with Crippen LogP contribution < -0.4 is 11.1 Å². The lowest BCUT2D eigenvalue weighted by atomic mass is 10.1. The number of esters is 1. The maximum atomic E-state index is 13.2. The Morgan fingerprint density at radius 2 is 1.76 bits per heavy atom. The Balaban J connectivity index is 2.14. The van der Waals surface area contributed by atoms with E-state index in [2.05, 4.69) is 10.1 Å². The van der Waals surface area contributed by atoms with Gasteiger partial charge in [0.15, 0.2) is 0 Å². The number of hydrogen-bond donors (Lipinski definition) is 2. The Bertz CT molecular complexity index is 664. The van der Waals surface area contributed by atoms with Crippen LogP contribution in [0.1, 0.15) is 20.7 Å². The van der Waals surface area contributed by atoms with E-state index in [1.807, 2.05) is 0 Å². The maximum Gasteiger partial charge on any atom is 0.337 e. The number of nitrogens with two attached hydrogens (primary N) is 1. The Kier molecular flexibility index (Phi) is 4.18. The van der Waals surface area contributed by atoms with Crippen LogP contribution in [0.25, 0.3) is 0 Å². The van der Waals surface area contributed by atoms with Gasteiger partial charge in [0.25, 0.3) is 5.91 Å². The zero-order valence-corrected chi connectivity index (χ0v) is 11.2. The molecule has 0 unspecified atom stereocenters. The number of methoxy groups -OCH3 is 1. The molecule has 108 valence electrons. The van der Waals surface area contributed by atoms with E-state index >= 15 is 0 Å². The van der Waals surface area contributed by atoms with Crippen molar-refractivity contribution in [3.63, 3.8) is 0 Å². The number of nitrogens with one attached hydrogen (secondary N) is 1. The number of rotatable bonds is 3. The van der Waals surface area contributed by atoms with Crippen molar-refractivity contribution in [2.75, 3.05) is 18.2 Å². The second-order valence-corrected chi connectivity index (χ2v) is 4.30. The standard InChI is InChI=1S/C15H13FN2O3/c1-21-15(20)9-2-4-13(5-3-9)18-14(19)10-6-11(16)8-12(17)7-10/h2-8H,17H2,1H3,(H,18,19). The smallest absolute Gasteiger partial charge is 0.337 e. The summed E-state index contributed by atoms with van der Waals surface area (Å²) in [5, 5.41) is 2.58. The van der Waals surface area contributed by atoms with Crippen molar-refractivity contribution in [3.05, 3.63) is 59.4 Å². The van der Waals surface area contributed by atoms with Crippen molar-refractivity contribution in [3.8, 4) is 0 Å². The Morgan fingerprint density at radius 3 is 2.33 bits per heavy atom. The summed E-state index contributed by atoms with van der Waals surface area (Å²) in [6.07, 6.45) is 0. The minimum absolute atomic E-state index is 0.115. The van der Waals surface area contributed by atoms with Gasteiger partial charge in [-0.15, -0.1) is 0 Å². The molecule has 2 aromatic carbocycles. The van der Waals surface area contributed by atoms with Crippen molar-refractivity contribution >= 4 is 23.3 Å². The number of ether oxygens (including phenoxy) is 1. The molecule has 0 atom stereocenters. The first-order valence-electron chi connectivity index (χ1n) is 6.05. The summed E-state index contributed by atoms with van der Waals surface area (Å²) in [6, 6.07) is 9.72. The molecule has 2 aromatic rings. The van der Waals surface area contributed by atoms with Crippen LogP contribution in [0.5, 0.6) is 0 Å².